The normalized spacial score (nSPS) is 15.6. The molecule has 1 aromatic carbocycles. The summed E-state index contributed by atoms with van der Waals surface area (Å²) in [7, 11) is 0. The molecule has 1 aliphatic rings. The molecule has 2 aromatic rings. The van der Waals surface area contributed by atoms with Crippen LogP contribution in [0.5, 0.6) is 0 Å². The lowest BCUT2D eigenvalue weighted by atomic mass is 10.00. The molecule has 0 amide bonds. The van der Waals surface area contributed by atoms with Crippen molar-refractivity contribution in [2.24, 2.45) is 5.92 Å². The van der Waals surface area contributed by atoms with Crippen LogP contribution < -0.4 is 10.2 Å². The van der Waals surface area contributed by atoms with E-state index in [1.165, 1.54) is 18.4 Å². The smallest absolute Gasteiger partial charge is 0.227 e. The maximum Gasteiger partial charge on any atom is 0.227 e. The van der Waals surface area contributed by atoms with Crippen LogP contribution in [0.1, 0.15) is 31.7 Å². The maximum absolute atomic E-state index is 4.67. The molecule has 1 N–H and O–H groups in total. The van der Waals surface area contributed by atoms with Gasteiger partial charge in [0.05, 0.1) is 0 Å². The summed E-state index contributed by atoms with van der Waals surface area (Å²) in [5.74, 6) is 2.62. The molecule has 0 bridgehead atoms. The van der Waals surface area contributed by atoms with Gasteiger partial charge in [-0.15, -0.1) is 0 Å². The lowest BCUT2D eigenvalue weighted by molar-refractivity contribution is 0.434. The van der Waals surface area contributed by atoms with E-state index in [0.717, 1.165) is 50.2 Å². The van der Waals surface area contributed by atoms with Gasteiger partial charge in [-0.05, 0) is 43.2 Å². The average molecular weight is 310 g/mol. The van der Waals surface area contributed by atoms with Crippen molar-refractivity contribution in [3.8, 4) is 0 Å². The number of nitrogens with one attached hydrogen (secondary N) is 1. The summed E-state index contributed by atoms with van der Waals surface area (Å²) >= 11 is 0. The first-order valence-corrected chi connectivity index (χ1v) is 8.67. The van der Waals surface area contributed by atoms with Crippen LogP contribution in [0.25, 0.3) is 0 Å². The topological polar surface area (TPSA) is 41.1 Å². The minimum absolute atomic E-state index is 0.825. The van der Waals surface area contributed by atoms with Crippen molar-refractivity contribution in [3.05, 3.63) is 48.2 Å². The van der Waals surface area contributed by atoms with E-state index >= 15 is 0 Å². The Kier molecular flexibility index (Phi) is 5.46. The third kappa shape index (κ3) is 4.68. The van der Waals surface area contributed by atoms with Crippen molar-refractivity contribution < 1.29 is 0 Å². The van der Waals surface area contributed by atoms with Crippen molar-refractivity contribution in [1.82, 2.24) is 9.97 Å². The van der Waals surface area contributed by atoms with Gasteiger partial charge in [-0.1, -0.05) is 37.3 Å². The molecule has 0 spiro atoms. The molecule has 23 heavy (non-hydrogen) atoms. The Bertz CT molecular complexity index is 591. The molecule has 0 saturated carbocycles. The first-order chi connectivity index (χ1) is 11.3. The fraction of sp³-hybridized carbons (Fsp3) is 0.474. The summed E-state index contributed by atoms with van der Waals surface area (Å²) in [6, 6.07) is 12.6. The first kappa shape index (κ1) is 15.8. The Labute approximate surface area is 139 Å². The first-order valence-electron chi connectivity index (χ1n) is 8.67. The Morgan fingerprint density at radius 1 is 1.13 bits per heavy atom. The highest BCUT2D eigenvalue weighted by molar-refractivity contribution is 5.41. The van der Waals surface area contributed by atoms with E-state index in [-0.39, 0.29) is 0 Å². The van der Waals surface area contributed by atoms with Crippen molar-refractivity contribution >= 4 is 11.8 Å². The van der Waals surface area contributed by atoms with Crippen LogP contribution in [0.2, 0.25) is 0 Å². The zero-order chi connectivity index (χ0) is 15.9. The van der Waals surface area contributed by atoms with Gasteiger partial charge < -0.3 is 10.2 Å². The standard InChI is InChI=1S/C19H26N4/c1-16-10-14-23(15-11-16)19-21-13-9-18(22-19)20-12-5-8-17-6-3-2-4-7-17/h2-4,6-7,9,13,16H,5,8,10-12,14-15H2,1H3,(H,20,21,22). The zero-order valence-electron chi connectivity index (χ0n) is 13.9. The molecule has 1 saturated heterocycles. The molecule has 1 fully saturated rings. The molecule has 2 heterocycles. The lowest BCUT2D eigenvalue weighted by Crippen LogP contribution is -2.34. The van der Waals surface area contributed by atoms with Crippen LogP contribution in [0.3, 0.4) is 0 Å². The van der Waals surface area contributed by atoms with Gasteiger partial charge in [-0.3, -0.25) is 0 Å². The van der Waals surface area contributed by atoms with Gasteiger partial charge in [0.25, 0.3) is 0 Å². The van der Waals surface area contributed by atoms with E-state index in [0.29, 0.717) is 0 Å². The van der Waals surface area contributed by atoms with Crippen LogP contribution in [0.4, 0.5) is 11.8 Å². The molecule has 122 valence electrons. The minimum Gasteiger partial charge on any atom is -0.370 e. The predicted molar refractivity (Wildman–Crippen MR) is 95.9 cm³/mol. The summed E-state index contributed by atoms with van der Waals surface area (Å²) in [6.45, 7) is 5.39. The molecule has 0 unspecified atom stereocenters. The van der Waals surface area contributed by atoms with Gasteiger partial charge in [0.1, 0.15) is 5.82 Å². The number of nitrogens with zero attached hydrogens (tertiary/aromatic N) is 3. The van der Waals surface area contributed by atoms with E-state index in [2.05, 4.69) is 57.4 Å². The number of piperidine rings is 1. The Hall–Kier alpha value is -2.10. The number of hydrogen-bond donors (Lipinski definition) is 1. The molecule has 0 atom stereocenters. The average Bonchev–Trinajstić information content (AvgIpc) is 2.61. The molecule has 0 radical (unpaired) electrons. The molecular weight excluding hydrogens is 284 g/mol. The van der Waals surface area contributed by atoms with Gasteiger partial charge in [-0.25, -0.2) is 4.98 Å². The number of anilines is 2. The highest BCUT2D eigenvalue weighted by Gasteiger charge is 2.17. The highest BCUT2D eigenvalue weighted by atomic mass is 15.3. The molecule has 1 aromatic heterocycles. The number of aryl methyl sites for hydroxylation is 1. The molecule has 3 rings (SSSR count). The summed E-state index contributed by atoms with van der Waals surface area (Å²) in [6.07, 6.45) is 6.52. The van der Waals surface area contributed by atoms with E-state index < -0.39 is 0 Å². The van der Waals surface area contributed by atoms with E-state index in [4.69, 9.17) is 0 Å². The molecule has 1 aliphatic heterocycles. The number of aromatic nitrogens is 2. The third-order valence-corrected chi connectivity index (χ3v) is 4.50. The third-order valence-electron chi connectivity index (χ3n) is 4.50. The maximum atomic E-state index is 4.67. The fourth-order valence-electron chi connectivity index (χ4n) is 2.96. The summed E-state index contributed by atoms with van der Waals surface area (Å²) in [5, 5.41) is 3.43. The van der Waals surface area contributed by atoms with Crippen LogP contribution in [0.15, 0.2) is 42.6 Å². The number of hydrogen-bond acceptors (Lipinski definition) is 4. The monoisotopic (exact) mass is 310 g/mol. The second kappa shape index (κ2) is 7.95. The van der Waals surface area contributed by atoms with Crippen LogP contribution in [-0.4, -0.2) is 29.6 Å². The lowest BCUT2D eigenvalue weighted by Gasteiger charge is -2.30. The Morgan fingerprint density at radius 2 is 1.91 bits per heavy atom. The van der Waals surface area contributed by atoms with Crippen LogP contribution in [0, 0.1) is 5.92 Å². The van der Waals surface area contributed by atoms with Crippen LogP contribution >= 0.6 is 0 Å². The SMILES string of the molecule is CC1CCN(c2nccc(NCCCc3ccccc3)n2)CC1. The number of benzene rings is 1. The number of rotatable bonds is 6. The second-order valence-corrected chi connectivity index (χ2v) is 6.43. The van der Waals surface area contributed by atoms with Gasteiger partial charge >= 0.3 is 0 Å². The quantitative estimate of drug-likeness (QED) is 0.825. The largest absolute Gasteiger partial charge is 0.370 e. The predicted octanol–water partition coefficient (Wildman–Crippen LogP) is 3.76. The van der Waals surface area contributed by atoms with Crippen molar-refractivity contribution in [2.45, 2.75) is 32.6 Å². The summed E-state index contributed by atoms with van der Waals surface area (Å²) < 4.78 is 0. The van der Waals surface area contributed by atoms with E-state index in [1.54, 1.807) is 0 Å². The van der Waals surface area contributed by atoms with Gasteiger partial charge in [0.2, 0.25) is 5.95 Å². The molecule has 4 nitrogen and oxygen atoms in total. The summed E-state index contributed by atoms with van der Waals surface area (Å²) in [4.78, 5) is 11.4. The highest BCUT2D eigenvalue weighted by Crippen LogP contribution is 2.20. The fourth-order valence-corrected chi connectivity index (χ4v) is 2.96. The molecular formula is C19H26N4. The van der Waals surface area contributed by atoms with Crippen molar-refractivity contribution in [2.75, 3.05) is 29.9 Å². The van der Waals surface area contributed by atoms with E-state index in [9.17, 15) is 0 Å². The Morgan fingerprint density at radius 3 is 2.70 bits per heavy atom. The summed E-state index contributed by atoms with van der Waals surface area (Å²) in [5.41, 5.74) is 1.39. The van der Waals surface area contributed by atoms with Gasteiger partial charge in [0, 0.05) is 25.8 Å². The zero-order valence-corrected chi connectivity index (χ0v) is 13.9. The van der Waals surface area contributed by atoms with E-state index in [1.807, 2.05) is 12.3 Å². The van der Waals surface area contributed by atoms with Crippen molar-refractivity contribution in [3.63, 3.8) is 0 Å². The van der Waals surface area contributed by atoms with Gasteiger partial charge in [-0.2, -0.15) is 4.98 Å². The molecule has 0 aliphatic carbocycles. The molecule has 4 heteroatoms. The van der Waals surface area contributed by atoms with Crippen LogP contribution in [-0.2, 0) is 6.42 Å². The Balaban J connectivity index is 1.48. The van der Waals surface area contributed by atoms with Gasteiger partial charge in [0.15, 0.2) is 0 Å². The van der Waals surface area contributed by atoms with Crippen molar-refractivity contribution in [1.29, 1.82) is 0 Å². The minimum atomic E-state index is 0.825. The second-order valence-electron chi connectivity index (χ2n) is 6.43.